The van der Waals surface area contributed by atoms with E-state index in [1.807, 2.05) is 55.5 Å². The molecule has 2 amide bonds. The molecule has 12 heteroatoms. The third-order valence-corrected chi connectivity index (χ3v) is 8.31. The summed E-state index contributed by atoms with van der Waals surface area (Å²) < 4.78 is 42.6. The molecule has 1 aliphatic carbocycles. The average molecular weight is 606 g/mol. The quantitative estimate of drug-likeness (QED) is 0.226. The zero-order valence-electron chi connectivity index (χ0n) is 23.0. The van der Waals surface area contributed by atoms with E-state index in [0.29, 0.717) is 23.1 Å². The van der Waals surface area contributed by atoms with Gasteiger partial charge in [-0.3, -0.25) is 14.5 Å². The van der Waals surface area contributed by atoms with Crippen LogP contribution in [-0.2, 0) is 16.0 Å². The van der Waals surface area contributed by atoms with E-state index >= 15 is 0 Å². The molecule has 1 saturated heterocycles. The summed E-state index contributed by atoms with van der Waals surface area (Å²) in [5.41, 5.74) is 4.24. The lowest BCUT2D eigenvalue weighted by Gasteiger charge is -2.19. The van der Waals surface area contributed by atoms with E-state index in [4.69, 9.17) is 0 Å². The lowest BCUT2D eigenvalue weighted by atomic mass is 10.1. The standard InChI is InChI=1S/C31H26F3N5O3S/c1-2-19-5-3-4-6-26(19)39-28(41)17-43-30(39)36-27(40)16-22-15-25(22)20-7-9-21(10-8-20)29-35-18-38(37-29)23-11-13-24(14-12-23)42-31(32,33)34/h3-14,18,22,25H,2,15-17H2,1H3. The van der Waals surface area contributed by atoms with Crippen molar-refractivity contribution in [1.82, 2.24) is 14.8 Å². The number of thioether (sulfide) groups is 1. The lowest BCUT2D eigenvalue weighted by Crippen LogP contribution is -2.30. The number of anilines is 1. The van der Waals surface area contributed by atoms with Crippen molar-refractivity contribution >= 4 is 34.4 Å². The average Bonchev–Trinajstić information content (AvgIpc) is 3.39. The molecule has 0 N–H and O–H groups in total. The number of carbonyl (C=O) groups excluding carboxylic acids is 2. The molecule has 1 aliphatic heterocycles. The van der Waals surface area contributed by atoms with Crippen molar-refractivity contribution in [3.63, 3.8) is 0 Å². The van der Waals surface area contributed by atoms with Gasteiger partial charge < -0.3 is 4.74 Å². The van der Waals surface area contributed by atoms with Gasteiger partial charge in [0, 0.05) is 12.0 Å². The number of nitrogens with zero attached hydrogens (tertiary/aromatic N) is 5. The van der Waals surface area contributed by atoms with Gasteiger partial charge in [0.05, 0.1) is 17.1 Å². The Morgan fingerprint density at radius 2 is 1.81 bits per heavy atom. The Morgan fingerprint density at radius 3 is 2.53 bits per heavy atom. The zero-order chi connectivity index (χ0) is 30.1. The Labute approximate surface area is 249 Å². The van der Waals surface area contributed by atoms with Crippen LogP contribution in [0, 0.1) is 5.92 Å². The Balaban J connectivity index is 1.07. The first kappa shape index (κ1) is 28.7. The second-order valence-corrected chi connectivity index (χ2v) is 11.2. The van der Waals surface area contributed by atoms with E-state index in [1.165, 1.54) is 47.0 Å². The van der Waals surface area contributed by atoms with Crippen LogP contribution in [0.4, 0.5) is 18.9 Å². The van der Waals surface area contributed by atoms with Crippen molar-refractivity contribution < 1.29 is 27.5 Å². The van der Waals surface area contributed by atoms with Crippen LogP contribution >= 0.6 is 11.8 Å². The van der Waals surface area contributed by atoms with E-state index in [9.17, 15) is 22.8 Å². The van der Waals surface area contributed by atoms with E-state index in [2.05, 4.69) is 19.8 Å². The number of ether oxygens (including phenoxy) is 1. The molecule has 2 unspecified atom stereocenters. The molecule has 2 aliphatic rings. The smallest absolute Gasteiger partial charge is 0.406 e. The number of amides is 2. The maximum Gasteiger partial charge on any atom is 0.573 e. The molecular formula is C31H26F3N5O3S. The van der Waals surface area contributed by atoms with Gasteiger partial charge in [-0.15, -0.1) is 18.3 Å². The van der Waals surface area contributed by atoms with Crippen molar-refractivity contribution in [3.05, 3.63) is 90.3 Å². The van der Waals surface area contributed by atoms with Crippen LogP contribution in [0.25, 0.3) is 17.1 Å². The number of aryl methyl sites for hydroxylation is 1. The Morgan fingerprint density at radius 1 is 1.07 bits per heavy atom. The van der Waals surface area contributed by atoms with Crippen molar-refractivity contribution in [1.29, 1.82) is 0 Å². The number of rotatable bonds is 8. The molecule has 43 heavy (non-hydrogen) atoms. The van der Waals surface area contributed by atoms with Crippen molar-refractivity contribution in [2.24, 2.45) is 10.9 Å². The summed E-state index contributed by atoms with van der Waals surface area (Å²) >= 11 is 1.29. The molecule has 0 radical (unpaired) electrons. The van der Waals surface area contributed by atoms with Gasteiger partial charge in [-0.25, -0.2) is 9.67 Å². The van der Waals surface area contributed by atoms with Gasteiger partial charge in [0.15, 0.2) is 11.0 Å². The summed E-state index contributed by atoms with van der Waals surface area (Å²) in [5.74, 6) is 0.547. The topological polar surface area (TPSA) is 89.7 Å². The number of benzene rings is 3. The minimum atomic E-state index is -4.75. The summed E-state index contributed by atoms with van der Waals surface area (Å²) in [6.07, 6.45) is -1.30. The second-order valence-electron chi connectivity index (χ2n) is 10.3. The zero-order valence-corrected chi connectivity index (χ0v) is 23.8. The molecule has 2 heterocycles. The number of para-hydroxylation sites is 1. The van der Waals surface area contributed by atoms with Gasteiger partial charge in [-0.2, -0.15) is 4.99 Å². The second kappa shape index (κ2) is 11.7. The Hall–Kier alpha value is -4.45. The van der Waals surface area contributed by atoms with E-state index in [1.54, 1.807) is 4.90 Å². The van der Waals surface area contributed by atoms with Gasteiger partial charge in [0.25, 0.3) is 0 Å². The predicted molar refractivity (Wildman–Crippen MR) is 157 cm³/mol. The fraction of sp³-hybridized carbons (Fsp3) is 0.258. The summed E-state index contributed by atoms with van der Waals surface area (Å²) in [6.45, 7) is 2.03. The van der Waals surface area contributed by atoms with Gasteiger partial charge in [-0.1, -0.05) is 61.2 Å². The molecule has 6 rings (SSSR count). The van der Waals surface area contributed by atoms with Crippen molar-refractivity contribution in [2.75, 3.05) is 10.7 Å². The number of hydrogen-bond acceptors (Lipinski definition) is 6. The summed E-state index contributed by atoms with van der Waals surface area (Å²) in [4.78, 5) is 35.8. The highest BCUT2D eigenvalue weighted by Crippen LogP contribution is 2.50. The molecule has 2 atom stereocenters. The summed E-state index contributed by atoms with van der Waals surface area (Å²) in [6, 6.07) is 20.9. The Kier molecular flexibility index (Phi) is 7.78. The fourth-order valence-corrected chi connectivity index (χ4v) is 6.04. The first-order valence-corrected chi connectivity index (χ1v) is 14.7. The van der Waals surface area contributed by atoms with Gasteiger partial charge in [0.1, 0.15) is 12.1 Å². The molecular weight excluding hydrogens is 579 g/mol. The highest BCUT2D eigenvalue weighted by atomic mass is 32.2. The molecule has 0 spiro atoms. The molecule has 4 aromatic rings. The van der Waals surface area contributed by atoms with Crippen LogP contribution in [0.3, 0.4) is 0 Å². The van der Waals surface area contributed by atoms with Crippen molar-refractivity contribution in [2.45, 2.75) is 38.5 Å². The van der Waals surface area contributed by atoms with E-state index < -0.39 is 6.36 Å². The first-order chi connectivity index (χ1) is 20.7. The third-order valence-electron chi connectivity index (χ3n) is 7.38. The molecule has 8 nitrogen and oxygen atoms in total. The highest BCUT2D eigenvalue weighted by molar-refractivity contribution is 8.15. The normalized spacial score (nSPS) is 19.2. The minimum absolute atomic E-state index is 0.0744. The molecule has 1 aromatic heterocycles. The molecule has 2 fully saturated rings. The van der Waals surface area contributed by atoms with E-state index in [0.717, 1.165) is 35.2 Å². The maximum absolute atomic E-state index is 12.9. The lowest BCUT2D eigenvalue weighted by molar-refractivity contribution is -0.274. The molecule has 220 valence electrons. The van der Waals surface area contributed by atoms with Crippen LogP contribution in [-0.4, -0.2) is 43.9 Å². The third kappa shape index (κ3) is 6.48. The number of hydrogen-bond donors (Lipinski definition) is 0. The predicted octanol–water partition coefficient (Wildman–Crippen LogP) is 6.55. The van der Waals surface area contributed by atoms with Crippen LogP contribution in [0.5, 0.6) is 5.75 Å². The fourth-order valence-electron chi connectivity index (χ4n) is 5.17. The number of carbonyl (C=O) groups is 2. The van der Waals surface area contributed by atoms with Crippen LogP contribution in [0.15, 0.2) is 84.1 Å². The molecule has 0 bridgehead atoms. The van der Waals surface area contributed by atoms with Gasteiger partial charge in [0.2, 0.25) is 11.8 Å². The largest absolute Gasteiger partial charge is 0.573 e. The summed E-state index contributed by atoms with van der Waals surface area (Å²) in [5, 5.41) is 4.89. The maximum atomic E-state index is 12.9. The van der Waals surface area contributed by atoms with Crippen LogP contribution in [0.1, 0.15) is 36.8 Å². The van der Waals surface area contributed by atoms with Crippen LogP contribution < -0.4 is 9.64 Å². The van der Waals surface area contributed by atoms with Crippen molar-refractivity contribution in [3.8, 4) is 22.8 Å². The summed E-state index contributed by atoms with van der Waals surface area (Å²) in [7, 11) is 0. The monoisotopic (exact) mass is 605 g/mol. The van der Waals surface area contributed by atoms with E-state index in [-0.39, 0.29) is 35.2 Å². The molecule has 3 aromatic carbocycles. The van der Waals surface area contributed by atoms with Gasteiger partial charge in [-0.05, 0) is 66.1 Å². The minimum Gasteiger partial charge on any atom is -0.406 e. The SMILES string of the molecule is CCc1ccccc1N1C(=O)CSC1=NC(=O)CC1CC1c1ccc(-c2ncn(-c3ccc(OC(F)(F)F)cc3)n2)cc1. The first-order valence-electron chi connectivity index (χ1n) is 13.7. The van der Waals surface area contributed by atoms with Gasteiger partial charge >= 0.3 is 6.36 Å². The number of alkyl halides is 3. The number of amidine groups is 1. The number of halogens is 3. The highest BCUT2D eigenvalue weighted by Gasteiger charge is 2.40. The van der Waals surface area contributed by atoms with Crippen LogP contribution in [0.2, 0.25) is 0 Å². The Bertz CT molecular complexity index is 1690. The number of aromatic nitrogens is 3. The molecule has 1 saturated carbocycles. The number of aliphatic imine (C=N–C) groups is 1.